The Bertz CT molecular complexity index is 1030. The molecular formula is C18H12F3LiN4O2. The largest absolute Gasteiger partial charge is 1.00 e. The molecule has 0 aliphatic rings. The first-order valence-electron chi connectivity index (χ1n) is 7.68. The zero-order chi connectivity index (χ0) is 19.7. The molecule has 2 N–H and O–H groups in total. The number of hydrogen-bond donors (Lipinski definition) is 1. The fraction of sp³-hybridized carbons (Fsp3) is 0.111. The van der Waals surface area contributed by atoms with Gasteiger partial charge in [-0.2, -0.15) is 0 Å². The van der Waals surface area contributed by atoms with Gasteiger partial charge in [-0.15, -0.1) is 0 Å². The predicted molar refractivity (Wildman–Crippen MR) is 89.1 cm³/mol. The molecule has 138 valence electrons. The number of carbonyl (C=O) groups is 1. The van der Waals surface area contributed by atoms with Crippen molar-refractivity contribution in [2.75, 3.05) is 5.73 Å². The van der Waals surface area contributed by atoms with E-state index in [-0.39, 0.29) is 47.3 Å². The van der Waals surface area contributed by atoms with Crippen LogP contribution in [0.5, 0.6) is 0 Å². The molecule has 0 saturated heterocycles. The van der Waals surface area contributed by atoms with Gasteiger partial charge < -0.3 is 15.6 Å². The number of pyridine rings is 1. The summed E-state index contributed by atoms with van der Waals surface area (Å²) in [4.78, 5) is 23.1. The van der Waals surface area contributed by atoms with Crippen molar-refractivity contribution in [1.82, 2.24) is 15.0 Å². The van der Waals surface area contributed by atoms with E-state index in [2.05, 4.69) is 15.0 Å². The Morgan fingerprint density at radius 1 is 1.07 bits per heavy atom. The molecule has 1 aromatic carbocycles. The topological polar surface area (TPSA) is 105 Å². The Labute approximate surface area is 169 Å². The molecule has 0 atom stereocenters. The van der Waals surface area contributed by atoms with Crippen LogP contribution in [0.1, 0.15) is 28.3 Å². The molecule has 6 nitrogen and oxygen atoms in total. The van der Waals surface area contributed by atoms with Crippen LogP contribution in [0.2, 0.25) is 0 Å². The molecule has 0 aliphatic carbocycles. The van der Waals surface area contributed by atoms with E-state index in [0.29, 0.717) is 5.56 Å². The first-order valence-corrected chi connectivity index (χ1v) is 7.68. The van der Waals surface area contributed by atoms with Crippen LogP contribution in [0.3, 0.4) is 0 Å². The second kappa shape index (κ2) is 8.42. The van der Waals surface area contributed by atoms with E-state index in [1.54, 1.807) is 0 Å². The molecule has 3 rings (SSSR count). The van der Waals surface area contributed by atoms with E-state index in [4.69, 9.17) is 5.73 Å². The molecule has 0 saturated carbocycles. The molecule has 0 aliphatic heterocycles. The summed E-state index contributed by atoms with van der Waals surface area (Å²) in [5.41, 5.74) is 5.17. The molecule has 2 heterocycles. The number of aromatic nitrogens is 3. The number of aryl methyl sites for hydroxylation is 1. The molecule has 2 aromatic heterocycles. The molecular weight excluding hydrogens is 368 g/mol. The monoisotopic (exact) mass is 380 g/mol. The van der Waals surface area contributed by atoms with Gasteiger partial charge in [0.25, 0.3) is 6.43 Å². The standard InChI is InChI=1S/C18H13F3N4O2.Li/c1-8-6-10(7-12(23-8)16(20)21)13-14(9-2-4-11(19)5-3-9)24-18(22)25-15(13)17(26)27;/h2-7,16H,1H3,(H,26,27)(H2,22,24,25);/q;+1/p-1. The Morgan fingerprint density at radius 3 is 2.29 bits per heavy atom. The van der Waals surface area contributed by atoms with E-state index in [1.807, 2.05) is 0 Å². The smallest absolute Gasteiger partial charge is 0.543 e. The molecule has 10 heteroatoms. The van der Waals surface area contributed by atoms with E-state index in [1.165, 1.54) is 25.1 Å². The molecule has 0 amide bonds. The van der Waals surface area contributed by atoms with Gasteiger partial charge in [-0.25, -0.2) is 23.1 Å². The maximum Gasteiger partial charge on any atom is 1.00 e. The summed E-state index contributed by atoms with van der Waals surface area (Å²) in [5, 5.41) is 11.6. The number of carboxylic acid groups (broad SMARTS) is 1. The first kappa shape index (κ1) is 21.4. The van der Waals surface area contributed by atoms with Crippen molar-refractivity contribution < 1.29 is 41.9 Å². The Balaban J connectivity index is 0.00000280. The number of anilines is 1. The SMILES string of the molecule is Cc1cc(-c2c(C(=O)[O-])nc(N)nc2-c2ccc(F)cc2)cc(C(F)F)n1.[Li+]. The van der Waals surface area contributed by atoms with E-state index < -0.39 is 29.6 Å². The van der Waals surface area contributed by atoms with Crippen molar-refractivity contribution in [3.8, 4) is 22.4 Å². The van der Waals surface area contributed by atoms with Gasteiger partial charge in [0.2, 0.25) is 5.95 Å². The Kier molecular flexibility index (Phi) is 6.44. The minimum atomic E-state index is -2.86. The summed E-state index contributed by atoms with van der Waals surface area (Å²) in [6, 6.07) is 7.49. The van der Waals surface area contributed by atoms with Gasteiger partial charge in [0, 0.05) is 16.8 Å². The van der Waals surface area contributed by atoms with Crippen molar-refractivity contribution in [3.05, 3.63) is 59.3 Å². The molecule has 3 aromatic rings. The van der Waals surface area contributed by atoms with Crippen LogP contribution in [0.4, 0.5) is 19.1 Å². The predicted octanol–water partition coefficient (Wildman–Crippen LogP) is -0.460. The number of nitrogen functional groups attached to an aromatic ring is 1. The van der Waals surface area contributed by atoms with Gasteiger partial charge in [0.15, 0.2) is 0 Å². The number of rotatable bonds is 4. The normalized spacial score (nSPS) is 10.6. The Morgan fingerprint density at radius 2 is 1.71 bits per heavy atom. The zero-order valence-electron chi connectivity index (χ0n) is 14.9. The number of aromatic carboxylic acids is 1. The van der Waals surface area contributed by atoms with E-state index in [0.717, 1.165) is 18.2 Å². The van der Waals surface area contributed by atoms with Crippen LogP contribution in [0.15, 0.2) is 36.4 Å². The van der Waals surface area contributed by atoms with Crippen LogP contribution in [0.25, 0.3) is 22.4 Å². The molecule has 0 spiro atoms. The maximum absolute atomic E-state index is 13.3. The summed E-state index contributed by atoms with van der Waals surface area (Å²) in [6.07, 6.45) is -2.86. The summed E-state index contributed by atoms with van der Waals surface area (Å²) in [6.45, 7) is 1.49. The van der Waals surface area contributed by atoms with Crippen molar-refractivity contribution in [3.63, 3.8) is 0 Å². The van der Waals surface area contributed by atoms with Crippen LogP contribution < -0.4 is 29.7 Å². The first-order chi connectivity index (χ1) is 12.8. The van der Waals surface area contributed by atoms with E-state index in [9.17, 15) is 23.1 Å². The second-order valence-electron chi connectivity index (χ2n) is 5.67. The molecule has 0 bridgehead atoms. The Hall–Kier alpha value is -2.89. The number of carboxylic acids is 1. The van der Waals surface area contributed by atoms with Crippen LogP contribution in [-0.4, -0.2) is 20.9 Å². The van der Waals surface area contributed by atoms with Crippen LogP contribution >= 0.6 is 0 Å². The zero-order valence-corrected chi connectivity index (χ0v) is 14.9. The number of alkyl halides is 2. The summed E-state index contributed by atoms with van der Waals surface area (Å²) < 4.78 is 39.6. The average molecular weight is 380 g/mol. The quantitative estimate of drug-likeness (QED) is 0.615. The molecule has 0 unspecified atom stereocenters. The number of nitrogens with zero attached hydrogens (tertiary/aromatic N) is 3. The minimum Gasteiger partial charge on any atom is -0.543 e. The fourth-order valence-electron chi connectivity index (χ4n) is 2.67. The number of carbonyl (C=O) groups excluding carboxylic acids is 1. The number of nitrogens with two attached hydrogens (primary N) is 1. The van der Waals surface area contributed by atoms with Crippen LogP contribution in [-0.2, 0) is 0 Å². The van der Waals surface area contributed by atoms with Crippen molar-refractivity contribution >= 4 is 11.9 Å². The van der Waals surface area contributed by atoms with Gasteiger partial charge in [0.1, 0.15) is 11.5 Å². The van der Waals surface area contributed by atoms with Gasteiger partial charge in [-0.3, -0.25) is 4.98 Å². The number of benzene rings is 1. The summed E-state index contributed by atoms with van der Waals surface area (Å²) in [5.74, 6) is -2.52. The van der Waals surface area contributed by atoms with E-state index >= 15 is 0 Å². The van der Waals surface area contributed by atoms with Gasteiger partial charge >= 0.3 is 18.9 Å². The summed E-state index contributed by atoms with van der Waals surface area (Å²) >= 11 is 0. The third kappa shape index (κ3) is 4.32. The third-order valence-corrected chi connectivity index (χ3v) is 3.72. The third-order valence-electron chi connectivity index (χ3n) is 3.72. The molecule has 0 radical (unpaired) electrons. The summed E-state index contributed by atoms with van der Waals surface area (Å²) in [7, 11) is 0. The van der Waals surface area contributed by atoms with Gasteiger partial charge in [-0.05, 0) is 48.9 Å². The fourth-order valence-corrected chi connectivity index (χ4v) is 2.67. The van der Waals surface area contributed by atoms with Crippen molar-refractivity contribution in [2.24, 2.45) is 0 Å². The number of halogens is 3. The van der Waals surface area contributed by atoms with Gasteiger partial charge in [-0.1, -0.05) is 0 Å². The van der Waals surface area contributed by atoms with Crippen molar-refractivity contribution in [2.45, 2.75) is 13.3 Å². The minimum absolute atomic E-state index is 0. The number of hydrogen-bond acceptors (Lipinski definition) is 6. The molecule has 28 heavy (non-hydrogen) atoms. The second-order valence-corrected chi connectivity index (χ2v) is 5.67. The average Bonchev–Trinajstić information content (AvgIpc) is 2.61. The van der Waals surface area contributed by atoms with Crippen LogP contribution in [0, 0.1) is 12.7 Å². The van der Waals surface area contributed by atoms with Crippen molar-refractivity contribution in [1.29, 1.82) is 0 Å². The maximum atomic E-state index is 13.3. The van der Waals surface area contributed by atoms with Gasteiger partial charge in [0.05, 0.1) is 17.4 Å². The molecule has 0 fully saturated rings.